The Labute approximate surface area is 167 Å². The van der Waals surface area contributed by atoms with Gasteiger partial charge in [0.05, 0.1) is 18.5 Å². The van der Waals surface area contributed by atoms with Crippen LogP contribution in [0.2, 0.25) is 0 Å². The topological polar surface area (TPSA) is 112 Å². The molecule has 1 aliphatic heterocycles. The quantitative estimate of drug-likeness (QED) is 0.528. The van der Waals surface area contributed by atoms with E-state index < -0.39 is 0 Å². The Morgan fingerprint density at radius 3 is 3.03 bits per heavy atom. The number of anilines is 1. The molecule has 1 atom stereocenters. The standard InChI is InChI=1S/C20H19N7O2/c1-3-17(28)26-9-7-14(11-26)27-20-18(19(21)23-12-24-20)15(25-27)5-4-13-6-8-22-16(10-13)29-2/h3,6,8,10,12,14H,1,7,9,11H2,2H3,(H2,21,23,24). The van der Waals surface area contributed by atoms with Gasteiger partial charge in [-0.25, -0.2) is 19.6 Å². The molecule has 0 aliphatic carbocycles. The van der Waals surface area contributed by atoms with E-state index >= 15 is 0 Å². The minimum Gasteiger partial charge on any atom is -0.481 e. The number of nitrogens with two attached hydrogens (primary N) is 1. The van der Waals surface area contributed by atoms with Gasteiger partial charge in [0.25, 0.3) is 0 Å². The lowest BCUT2D eigenvalue weighted by atomic mass is 10.2. The second-order valence-electron chi connectivity index (χ2n) is 6.52. The first-order chi connectivity index (χ1) is 14.1. The van der Waals surface area contributed by atoms with Crippen LogP contribution in [0.1, 0.15) is 23.7 Å². The molecule has 9 nitrogen and oxygen atoms in total. The predicted octanol–water partition coefficient (Wildman–Crippen LogP) is 1.17. The van der Waals surface area contributed by atoms with Gasteiger partial charge in [0.1, 0.15) is 17.8 Å². The van der Waals surface area contributed by atoms with Gasteiger partial charge in [-0.15, -0.1) is 0 Å². The molecule has 4 heterocycles. The molecule has 0 spiro atoms. The average Bonchev–Trinajstić information content (AvgIpc) is 3.37. The Morgan fingerprint density at radius 2 is 2.24 bits per heavy atom. The summed E-state index contributed by atoms with van der Waals surface area (Å²) < 4.78 is 6.92. The van der Waals surface area contributed by atoms with Crippen LogP contribution in [0, 0.1) is 11.8 Å². The summed E-state index contributed by atoms with van der Waals surface area (Å²) in [6, 6.07) is 3.50. The molecule has 0 radical (unpaired) electrons. The van der Waals surface area contributed by atoms with Crippen LogP contribution in [0.5, 0.6) is 5.88 Å². The SMILES string of the molecule is C=CC(=O)N1CCC(n2nc(C#Cc3ccnc(OC)c3)c3c(N)ncnc32)C1. The lowest BCUT2D eigenvalue weighted by Crippen LogP contribution is -2.27. The summed E-state index contributed by atoms with van der Waals surface area (Å²) in [5, 5.41) is 5.27. The number of carbonyl (C=O) groups excluding carboxylic acids is 1. The number of hydrogen-bond acceptors (Lipinski definition) is 7. The molecule has 1 saturated heterocycles. The molecular weight excluding hydrogens is 370 g/mol. The van der Waals surface area contributed by atoms with Crippen molar-refractivity contribution in [2.45, 2.75) is 12.5 Å². The van der Waals surface area contributed by atoms with Crippen molar-refractivity contribution in [3.8, 4) is 17.7 Å². The highest BCUT2D eigenvalue weighted by Gasteiger charge is 2.29. The maximum atomic E-state index is 11.9. The highest BCUT2D eigenvalue weighted by atomic mass is 16.5. The minimum absolute atomic E-state index is 0.0210. The van der Waals surface area contributed by atoms with Crippen molar-refractivity contribution in [2.24, 2.45) is 0 Å². The monoisotopic (exact) mass is 389 g/mol. The molecule has 3 aromatic heterocycles. The number of amides is 1. The third kappa shape index (κ3) is 3.48. The summed E-state index contributed by atoms with van der Waals surface area (Å²) in [6.07, 6.45) is 5.11. The number of aromatic nitrogens is 5. The molecule has 1 fully saturated rings. The molecule has 4 rings (SSSR count). The second kappa shape index (κ2) is 7.59. The van der Waals surface area contributed by atoms with Crippen LogP contribution in [0.4, 0.5) is 5.82 Å². The van der Waals surface area contributed by atoms with Gasteiger partial charge in [-0.2, -0.15) is 5.10 Å². The zero-order valence-corrected chi connectivity index (χ0v) is 15.9. The number of likely N-dealkylation sites (tertiary alicyclic amines) is 1. The van der Waals surface area contributed by atoms with Crippen molar-refractivity contribution in [3.05, 3.63) is 48.6 Å². The first-order valence-corrected chi connectivity index (χ1v) is 9.02. The smallest absolute Gasteiger partial charge is 0.246 e. The number of pyridine rings is 1. The van der Waals surface area contributed by atoms with Crippen LogP contribution < -0.4 is 10.5 Å². The molecule has 0 aromatic carbocycles. The van der Waals surface area contributed by atoms with Gasteiger partial charge in [-0.05, 0) is 24.5 Å². The number of ether oxygens (including phenoxy) is 1. The van der Waals surface area contributed by atoms with Gasteiger partial charge in [0.2, 0.25) is 11.8 Å². The largest absolute Gasteiger partial charge is 0.481 e. The van der Waals surface area contributed by atoms with E-state index in [1.165, 1.54) is 12.4 Å². The van der Waals surface area contributed by atoms with Gasteiger partial charge >= 0.3 is 0 Å². The molecule has 1 aliphatic rings. The van der Waals surface area contributed by atoms with E-state index in [0.717, 1.165) is 12.0 Å². The van der Waals surface area contributed by atoms with E-state index in [1.54, 1.807) is 35.0 Å². The van der Waals surface area contributed by atoms with Crippen molar-refractivity contribution in [2.75, 3.05) is 25.9 Å². The Kier molecular flexibility index (Phi) is 4.83. The summed E-state index contributed by atoms with van der Waals surface area (Å²) in [4.78, 5) is 26.2. The van der Waals surface area contributed by atoms with E-state index in [0.29, 0.717) is 41.5 Å². The van der Waals surface area contributed by atoms with Gasteiger partial charge in [0.15, 0.2) is 5.65 Å². The highest BCUT2D eigenvalue weighted by Crippen LogP contribution is 2.28. The predicted molar refractivity (Wildman–Crippen MR) is 107 cm³/mol. The lowest BCUT2D eigenvalue weighted by molar-refractivity contribution is -0.125. The number of rotatable bonds is 3. The zero-order valence-electron chi connectivity index (χ0n) is 15.9. The van der Waals surface area contributed by atoms with Crippen molar-refractivity contribution in [1.82, 2.24) is 29.6 Å². The molecular formula is C20H19N7O2. The fourth-order valence-corrected chi connectivity index (χ4v) is 3.34. The molecule has 0 bridgehead atoms. The van der Waals surface area contributed by atoms with Crippen LogP contribution in [-0.2, 0) is 4.79 Å². The van der Waals surface area contributed by atoms with Crippen LogP contribution in [-0.4, -0.2) is 55.7 Å². The fraction of sp³-hybridized carbons (Fsp3) is 0.250. The van der Waals surface area contributed by atoms with E-state index in [1.807, 2.05) is 0 Å². The van der Waals surface area contributed by atoms with Gasteiger partial charge in [-0.3, -0.25) is 4.79 Å². The first kappa shape index (κ1) is 18.4. The van der Waals surface area contributed by atoms with Crippen molar-refractivity contribution in [3.63, 3.8) is 0 Å². The highest BCUT2D eigenvalue weighted by molar-refractivity contribution is 5.91. The molecule has 9 heteroatoms. The normalized spacial score (nSPS) is 15.8. The number of fused-ring (bicyclic) bond motifs is 1. The molecule has 1 amide bonds. The average molecular weight is 389 g/mol. The molecule has 146 valence electrons. The Morgan fingerprint density at radius 1 is 1.38 bits per heavy atom. The zero-order chi connectivity index (χ0) is 20.4. The Balaban J connectivity index is 1.74. The van der Waals surface area contributed by atoms with E-state index in [-0.39, 0.29) is 11.9 Å². The number of nitrogen functional groups attached to an aromatic ring is 1. The molecule has 1 unspecified atom stereocenters. The Hall–Kier alpha value is -3.93. The number of nitrogens with zero attached hydrogens (tertiary/aromatic N) is 6. The van der Waals surface area contributed by atoms with Gasteiger partial charge in [0, 0.05) is 30.9 Å². The Bertz CT molecular complexity index is 1160. The fourth-order valence-electron chi connectivity index (χ4n) is 3.34. The maximum absolute atomic E-state index is 11.9. The van der Waals surface area contributed by atoms with Crippen molar-refractivity contribution in [1.29, 1.82) is 0 Å². The summed E-state index contributed by atoms with van der Waals surface area (Å²) >= 11 is 0. The minimum atomic E-state index is -0.0928. The third-order valence-corrected chi connectivity index (χ3v) is 4.78. The molecule has 2 N–H and O–H groups in total. The van der Waals surface area contributed by atoms with Crippen LogP contribution in [0.3, 0.4) is 0 Å². The van der Waals surface area contributed by atoms with Gasteiger partial charge in [-0.1, -0.05) is 12.5 Å². The number of carbonyl (C=O) groups is 1. The first-order valence-electron chi connectivity index (χ1n) is 9.02. The molecule has 3 aromatic rings. The third-order valence-electron chi connectivity index (χ3n) is 4.78. The summed E-state index contributed by atoms with van der Waals surface area (Å²) in [5.74, 6) is 6.82. The van der Waals surface area contributed by atoms with Crippen LogP contribution in [0.15, 0.2) is 37.3 Å². The van der Waals surface area contributed by atoms with E-state index in [4.69, 9.17) is 10.5 Å². The van der Waals surface area contributed by atoms with Crippen LogP contribution >= 0.6 is 0 Å². The van der Waals surface area contributed by atoms with E-state index in [2.05, 4.69) is 38.5 Å². The lowest BCUT2D eigenvalue weighted by Gasteiger charge is -2.14. The summed E-state index contributed by atoms with van der Waals surface area (Å²) in [5.41, 5.74) is 7.93. The second-order valence-corrected chi connectivity index (χ2v) is 6.52. The summed E-state index contributed by atoms with van der Waals surface area (Å²) in [7, 11) is 1.55. The van der Waals surface area contributed by atoms with Gasteiger partial charge < -0.3 is 15.4 Å². The van der Waals surface area contributed by atoms with Crippen LogP contribution in [0.25, 0.3) is 11.0 Å². The van der Waals surface area contributed by atoms with Crippen molar-refractivity contribution < 1.29 is 9.53 Å². The summed E-state index contributed by atoms with van der Waals surface area (Å²) in [6.45, 7) is 4.71. The maximum Gasteiger partial charge on any atom is 0.246 e. The molecule has 29 heavy (non-hydrogen) atoms. The number of methoxy groups -OCH3 is 1. The number of hydrogen-bond donors (Lipinski definition) is 1. The van der Waals surface area contributed by atoms with E-state index in [9.17, 15) is 4.79 Å². The van der Waals surface area contributed by atoms with Crippen molar-refractivity contribution >= 4 is 22.8 Å². The molecule has 0 saturated carbocycles.